The summed E-state index contributed by atoms with van der Waals surface area (Å²) in [6, 6.07) is 12.2. The fourth-order valence-corrected chi connectivity index (χ4v) is 4.78. The maximum absolute atomic E-state index is 13.3. The number of hydrogen-bond acceptors (Lipinski definition) is 5. The van der Waals surface area contributed by atoms with Crippen LogP contribution in [0, 0.1) is 0 Å². The van der Waals surface area contributed by atoms with Gasteiger partial charge >= 0.3 is 6.18 Å². The quantitative estimate of drug-likeness (QED) is 0.512. The summed E-state index contributed by atoms with van der Waals surface area (Å²) in [5, 5.41) is 11.0. The fraction of sp³-hybridized carbons (Fsp3) is 0.348. The number of alkyl halides is 3. The summed E-state index contributed by atoms with van der Waals surface area (Å²) in [6.07, 6.45) is -1.98. The van der Waals surface area contributed by atoms with E-state index in [1.807, 2.05) is 31.2 Å². The molecule has 1 aromatic heterocycles. The fourth-order valence-electron chi connectivity index (χ4n) is 3.68. The van der Waals surface area contributed by atoms with Crippen LogP contribution in [0.2, 0.25) is 0 Å². The molecule has 0 saturated heterocycles. The number of carbonyl (C=O) groups is 1. The molecule has 0 radical (unpaired) electrons. The molecule has 2 N–H and O–H groups in total. The normalized spacial score (nSPS) is 17.8. The Kier molecular flexibility index (Phi) is 6.64. The molecule has 0 fully saturated rings. The lowest BCUT2D eigenvalue weighted by molar-refractivity contribution is -0.137. The molecule has 4 rings (SSSR count). The molecule has 6 nitrogen and oxygen atoms in total. The lowest BCUT2D eigenvalue weighted by Crippen LogP contribution is -2.41. The van der Waals surface area contributed by atoms with Gasteiger partial charge in [0.1, 0.15) is 5.25 Å². The number of thioether (sulfide) groups is 1. The molecule has 2 aromatic carbocycles. The summed E-state index contributed by atoms with van der Waals surface area (Å²) in [5.41, 5.74) is 4.71. The van der Waals surface area contributed by atoms with Gasteiger partial charge in [-0.15, -0.1) is 10.2 Å². The van der Waals surface area contributed by atoms with E-state index in [4.69, 9.17) is 0 Å². The van der Waals surface area contributed by atoms with Crippen LogP contribution in [0.5, 0.6) is 0 Å². The molecule has 1 aliphatic rings. The number of rotatable bonds is 6. The first kappa shape index (κ1) is 23.2. The van der Waals surface area contributed by atoms with Gasteiger partial charge in [0.15, 0.2) is 5.82 Å². The Morgan fingerprint density at radius 1 is 1.15 bits per heavy atom. The van der Waals surface area contributed by atoms with Gasteiger partial charge in [0.2, 0.25) is 11.1 Å². The number of fused-ring (bicyclic) bond motifs is 1. The van der Waals surface area contributed by atoms with Gasteiger partial charge in [-0.25, -0.2) is 4.68 Å². The molecule has 1 amide bonds. The second-order valence-corrected chi connectivity index (χ2v) is 8.90. The number of carbonyl (C=O) groups excluding carboxylic acids is 1. The number of nitrogens with zero attached hydrogens (tertiary/aromatic N) is 3. The highest BCUT2D eigenvalue weighted by Gasteiger charge is 2.38. The van der Waals surface area contributed by atoms with Crippen molar-refractivity contribution in [1.29, 1.82) is 0 Å². The van der Waals surface area contributed by atoms with E-state index in [-0.39, 0.29) is 5.69 Å². The van der Waals surface area contributed by atoms with Crippen LogP contribution >= 0.6 is 11.8 Å². The summed E-state index contributed by atoms with van der Waals surface area (Å²) >= 11 is 1.25. The number of hydrogen-bond donors (Lipinski definition) is 2. The first-order valence-corrected chi connectivity index (χ1v) is 11.6. The van der Waals surface area contributed by atoms with Gasteiger partial charge in [-0.1, -0.05) is 55.9 Å². The van der Waals surface area contributed by atoms with E-state index in [9.17, 15) is 18.0 Å². The van der Waals surface area contributed by atoms with Crippen molar-refractivity contribution in [2.45, 2.75) is 55.7 Å². The second-order valence-electron chi connectivity index (χ2n) is 7.79. The van der Waals surface area contributed by atoms with Gasteiger partial charge in [0, 0.05) is 12.1 Å². The Labute approximate surface area is 194 Å². The maximum atomic E-state index is 13.3. The Hall–Kier alpha value is -3.01. The molecule has 0 saturated carbocycles. The van der Waals surface area contributed by atoms with E-state index in [0.717, 1.165) is 42.8 Å². The third-order valence-corrected chi connectivity index (χ3v) is 6.66. The minimum absolute atomic E-state index is 0.0919. The zero-order valence-electron chi connectivity index (χ0n) is 18.2. The van der Waals surface area contributed by atoms with Crippen molar-refractivity contribution in [3.05, 3.63) is 71.0 Å². The lowest BCUT2D eigenvalue weighted by Gasteiger charge is -2.33. The van der Waals surface area contributed by atoms with Crippen molar-refractivity contribution in [2.75, 3.05) is 10.7 Å². The van der Waals surface area contributed by atoms with E-state index in [0.29, 0.717) is 5.16 Å². The van der Waals surface area contributed by atoms with Crippen molar-refractivity contribution in [2.24, 2.45) is 0 Å². The third kappa shape index (κ3) is 5.00. The molecule has 10 heteroatoms. The van der Waals surface area contributed by atoms with E-state index in [2.05, 4.69) is 27.9 Å². The Bertz CT molecular complexity index is 1130. The molecule has 33 heavy (non-hydrogen) atoms. The van der Waals surface area contributed by atoms with Gasteiger partial charge in [-0.05, 0) is 42.2 Å². The van der Waals surface area contributed by atoms with Crippen molar-refractivity contribution in [3.63, 3.8) is 0 Å². The summed E-state index contributed by atoms with van der Waals surface area (Å²) < 4.78 is 41.1. The summed E-state index contributed by atoms with van der Waals surface area (Å²) in [6.45, 7) is 4.11. The van der Waals surface area contributed by atoms with Gasteiger partial charge in [-0.2, -0.15) is 13.2 Å². The molecule has 0 unspecified atom stereocenters. The van der Waals surface area contributed by atoms with Crippen molar-refractivity contribution >= 4 is 23.4 Å². The monoisotopic (exact) mass is 475 g/mol. The van der Waals surface area contributed by atoms with E-state index in [1.54, 1.807) is 4.68 Å². The number of nitrogens with one attached hydrogen (secondary N) is 2. The average Bonchev–Trinajstić information content (AvgIpc) is 3.20. The largest absolute Gasteiger partial charge is 0.416 e. The molecule has 0 aliphatic carbocycles. The molecule has 0 spiro atoms. The number of benzene rings is 2. The molecular formula is C23H24F3N5OS. The van der Waals surface area contributed by atoms with Crippen LogP contribution < -0.4 is 10.7 Å². The highest BCUT2D eigenvalue weighted by atomic mass is 32.2. The summed E-state index contributed by atoms with van der Waals surface area (Å²) in [7, 11) is 0. The molecule has 2 atom stereocenters. The zero-order valence-corrected chi connectivity index (χ0v) is 19.0. The van der Waals surface area contributed by atoms with E-state index < -0.39 is 28.9 Å². The van der Waals surface area contributed by atoms with E-state index >= 15 is 0 Å². The van der Waals surface area contributed by atoms with Gasteiger partial charge in [0.05, 0.1) is 11.6 Å². The minimum atomic E-state index is -4.49. The smallest absolute Gasteiger partial charge is 0.325 e. The predicted octanol–water partition coefficient (Wildman–Crippen LogP) is 5.21. The molecule has 3 aromatic rings. The van der Waals surface area contributed by atoms with Crippen LogP contribution in [-0.2, 0) is 23.8 Å². The molecule has 174 valence electrons. The molecule has 0 bridgehead atoms. The topological polar surface area (TPSA) is 71.8 Å². The van der Waals surface area contributed by atoms with Crippen LogP contribution in [0.15, 0.2) is 53.7 Å². The zero-order chi connectivity index (χ0) is 23.6. The number of amides is 1. The number of halogens is 3. The molecular weight excluding hydrogens is 451 g/mol. The van der Waals surface area contributed by atoms with Crippen LogP contribution in [0.1, 0.15) is 48.8 Å². The number of aromatic nitrogens is 3. The maximum Gasteiger partial charge on any atom is 0.416 e. The summed E-state index contributed by atoms with van der Waals surface area (Å²) in [4.78, 5) is 13.3. The first-order chi connectivity index (χ1) is 15.8. The Balaban J connectivity index is 1.65. The lowest BCUT2D eigenvalue weighted by atomic mass is 10.0. The van der Waals surface area contributed by atoms with Gasteiger partial charge in [-0.3, -0.25) is 4.79 Å². The SMILES string of the molecule is CCCc1nnc2n1N[C@H](c1ccc(CC)cc1)[C@@H](C(=O)Nc1cccc(C(F)(F)F)c1)S2. The highest BCUT2D eigenvalue weighted by Crippen LogP contribution is 2.38. The van der Waals surface area contributed by atoms with Crippen molar-refractivity contribution in [3.8, 4) is 0 Å². The van der Waals surface area contributed by atoms with Crippen LogP contribution in [0.25, 0.3) is 0 Å². The number of aryl methyl sites for hydroxylation is 2. The predicted molar refractivity (Wildman–Crippen MR) is 122 cm³/mol. The number of anilines is 1. The molecule has 1 aliphatic heterocycles. The standard InChI is InChI=1S/C23H24F3N5OS/c1-3-6-18-28-29-22-31(18)30-19(15-11-9-14(4-2)10-12-15)20(33-22)21(32)27-17-8-5-7-16(13-17)23(24,25)26/h5,7-13,19-20,30H,3-4,6H2,1-2H3,(H,27,32)/t19-,20+/m1/s1. The Morgan fingerprint density at radius 3 is 2.58 bits per heavy atom. The second kappa shape index (κ2) is 9.46. The first-order valence-electron chi connectivity index (χ1n) is 10.7. The van der Waals surface area contributed by atoms with Crippen LogP contribution in [0.4, 0.5) is 18.9 Å². The minimum Gasteiger partial charge on any atom is -0.325 e. The Morgan fingerprint density at radius 2 is 1.91 bits per heavy atom. The van der Waals surface area contributed by atoms with Crippen LogP contribution in [-0.4, -0.2) is 26.0 Å². The van der Waals surface area contributed by atoms with Crippen molar-refractivity contribution in [1.82, 2.24) is 14.9 Å². The highest BCUT2D eigenvalue weighted by molar-refractivity contribution is 8.00. The van der Waals surface area contributed by atoms with Crippen LogP contribution in [0.3, 0.4) is 0 Å². The van der Waals surface area contributed by atoms with Gasteiger partial charge < -0.3 is 10.7 Å². The van der Waals surface area contributed by atoms with E-state index in [1.165, 1.54) is 29.5 Å². The summed E-state index contributed by atoms with van der Waals surface area (Å²) in [5.74, 6) is 0.356. The van der Waals surface area contributed by atoms with Gasteiger partial charge in [0.25, 0.3) is 0 Å². The third-order valence-electron chi connectivity index (χ3n) is 5.44. The average molecular weight is 476 g/mol. The van der Waals surface area contributed by atoms with Crippen molar-refractivity contribution < 1.29 is 18.0 Å². The molecule has 2 heterocycles.